The van der Waals surface area contributed by atoms with Crippen molar-refractivity contribution in [3.05, 3.63) is 0 Å². The number of aliphatic hydroxyl groups excluding tert-OH is 2. The van der Waals surface area contributed by atoms with Gasteiger partial charge in [0.25, 0.3) is 0 Å². The van der Waals surface area contributed by atoms with Crippen molar-refractivity contribution in [2.45, 2.75) is 117 Å². The number of hydrogen-bond donors (Lipinski definition) is 3. The number of carbonyl (C=O) groups excluding carboxylic acids is 1. The van der Waals surface area contributed by atoms with Gasteiger partial charge in [0.2, 0.25) is 5.91 Å². The van der Waals surface area contributed by atoms with Crippen LogP contribution in [0.4, 0.5) is 0 Å². The van der Waals surface area contributed by atoms with Crippen molar-refractivity contribution in [1.82, 2.24) is 5.32 Å². The maximum absolute atomic E-state index is 12.5. The fraction of sp³-hybridized carbons (Fsp3) is 0.966. The molecular weight excluding hydrogens is 490 g/mol. The zero-order valence-corrected chi connectivity index (χ0v) is 24.3. The van der Waals surface area contributed by atoms with Crippen molar-refractivity contribution >= 4 is 16.0 Å². The molecule has 0 aromatic carbocycles. The maximum Gasteiger partial charge on any atom is 0.220 e. The van der Waals surface area contributed by atoms with E-state index < -0.39 is 21.9 Å². The quantitative estimate of drug-likeness (QED) is 0.398. The Balaban J connectivity index is 1.44. The normalized spacial score (nSPS) is 45.3. The Morgan fingerprint density at radius 1 is 1.03 bits per heavy atom. The molecule has 4 rings (SSSR count). The monoisotopic (exact) mass is 540 g/mol. The zero-order chi connectivity index (χ0) is 27.3. The molecule has 1 amide bonds. The average Bonchev–Trinajstić information content (AvgIpc) is 3.15. The van der Waals surface area contributed by atoms with E-state index in [0.29, 0.717) is 41.9 Å². The van der Waals surface area contributed by atoms with Crippen LogP contribution in [-0.2, 0) is 14.9 Å². The SMILES string of the molecule is CC[C@H]1[C@@H](O)[C@@H]2[C@H](CC[C@]3(C)[C@@H]([C@H](C)CCC(=O)N[C@H](C)CS(=O)(=O)[O-])CC[C@@H]23)[C@@]2(C)CC[C@@H](O)C[C@@H]12. The van der Waals surface area contributed by atoms with E-state index in [9.17, 15) is 28.0 Å². The number of hydrogen-bond acceptors (Lipinski definition) is 6. The Hall–Kier alpha value is -0.700. The molecule has 4 fully saturated rings. The summed E-state index contributed by atoms with van der Waals surface area (Å²) in [5, 5.41) is 25.0. The molecule has 0 spiro atoms. The van der Waals surface area contributed by atoms with Crippen molar-refractivity contribution in [3.63, 3.8) is 0 Å². The van der Waals surface area contributed by atoms with Gasteiger partial charge in [0, 0.05) is 12.5 Å². The highest BCUT2D eigenvalue weighted by atomic mass is 32.2. The van der Waals surface area contributed by atoms with Gasteiger partial charge in [0.1, 0.15) is 0 Å². The minimum absolute atomic E-state index is 0.150. The second-order valence-corrected chi connectivity index (χ2v) is 15.3. The Bertz CT molecular complexity index is 941. The first-order valence-electron chi connectivity index (χ1n) is 14.8. The van der Waals surface area contributed by atoms with Crippen molar-refractivity contribution in [1.29, 1.82) is 0 Å². The number of nitrogens with one attached hydrogen (secondary N) is 1. The van der Waals surface area contributed by atoms with E-state index >= 15 is 0 Å². The highest BCUT2D eigenvalue weighted by molar-refractivity contribution is 7.85. The van der Waals surface area contributed by atoms with Gasteiger partial charge in [0.05, 0.1) is 28.1 Å². The third-order valence-corrected chi connectivity index (χ3v) is 12.7. The second-order valence-electron chi connectivity index (χ2n) is 13.8. The van der Waals surface area contributed by atoms with Crippen molar-refractivity contribution in [2.24, 2.45) is 52.3 Å². The average molecular weight is 541 g/mol. The third-order valence-electron chi connectivity index (χ3n) is 11.8. The molecule has 0 aromatic rings. The molecule has 0 aliphatic heterocycles. The molecule has 3 N–H and O–H groups in total. The second kappa shape index (κ2) is 10.7. The predicted octanol–water partition coefficient (Wildman–Crippen LogP) is 4.08. The fourth-order valence-corrected chi connectivity index (χ4v) is 10.9. The van der Waals surface area contributed by atoms with Gasteiger partial charge in [-0.1, -0.05) is 34.1 Å². The molecule has 0 heterocycles. The summed E-state index contributed by atoms with van der Waals surface area (Å²) in [7, 11) is -4.37. The molecule has 0 aromatic heterocycles. The van der Waals surface area contributed by atoms with Crippen molar-refractivity contribution in [2.75, 3.05) is 5.75 Å². The van der Waals surface area contributed by atoms with E-state index in [1.54, 1.807) is 6.92 Å². The highest BCUT2D eigenvalue weighted by Crippen LogP contribution is 2.69. The van der Waals surface area contributed by atoms with E-state index in [4.69, 9.17) is 0 Å². The number of amides is 1. The van der Waals surface area contributed by atoms with Gasteiger partial charge < -0.3 is 20.1 Å². The molecule has 0 saturated heterocycles. The number of aliphatic hydroxyl groups is 2. The Kier molecular flexibility index (Phi) is 8.47. The molecule has 0 radical (unpaired) electrons. The van der Waals surface area contributed by atoms with Crippen LogP contribution in [0.15, 0.2) is 0 Å². The summed E-state index contributed by atoms with van der Waals surface area (Å²) in [5.41, 5.74) is 0.346. The molecule has 37 heavy (non-hydrogen) atoms. The van der Waals surface area contributed by atoms with Gasteiger partial charge in [0.15, 0.2) is 0 Å². The lowest BCUT2D eigenvalue weighted by Gasteiger charge is -2.64. The molecular formula is C29H50NO6S-. The van der Waals surface area contributed by atoms with Gasteiger partial charge in [-0.25, -0.2) is 8.42 Å². The fourth-order valence-electron chi connectivity index (χ4n) is 10.2. The third kappa shape index (κ3) is 5.51. The Labute approximate surface area is 224 Å². The first-order valence-corrected chi connectivity index (χ1v) is 16.4. The molecule has 0 bridgehead atoms. The van der Waals surface area contributed by atoms with E-state index in [2.05, 4.69) is 33.0 Å². The molecule has 0 unspecified atom stereocenters. The minimum Gasteiger partial charge on any atom is -0.748 e. The van der Waals surface area contributed by atoms with Gasteiger partial charge >= 0.3 is 0 Å². The summed E-state index contributed by atoms with van der Waals surface area (Å²) in [6.45, 7) is 10.9. The summed E-state index contributed by atoms with van der Waals surface area (Å²) < 4.78 is 32.9. The van der Waals surface area contributed by atoms with Crippen molar-refractivity contribution < 1.29 is 28.0 Å². The van der Waals surface area contributed by atoms with Gasteiger partial charge in [-0.15, -0.1) is 0 Å². The van der Waals surface area contributed by atoms with E-state index in [1.807, 2.05) is 0 Å². The summed E-state index contributed by atoms with van der Waals surface area (Å²) in [5.74, 6) is 2.04. The van der Waals surface area contributed by atoms with Crippen LogP contribution in [0.2, 0.25) is 0 Å². The summed E-state index contributed by atoms with van der Waals surface area (Å²) in [6, 6.07) is -0.681. The van der Waals surface area contributed by atoms with E-state index in [-0.39, 0.29) is 34.9 Å². The van der Waals surface area contributed by atoms with Crippen molar-refractivity contribution in [3.8, 4) is 0 Å². The van der Waals surface area contributed by atoms with Gasteiger partial charge in [-0.2, -0.15) is 0 Å². The molecule has 4 aliphatic rings. The van der Waals surface area contributed by atoms with Gasteiger partial charge in [-0.05, 0) is 111 Å². The molecule has 4 aliphatic carbocycles. The molecule has 214 valence electrons. The topological polar surface area (TPSA) is 127 Å². The molecule has 7 nitrogen and oxygen atoms in total. The summed E-state index contributed by atoms with van der Waals surface area (Å²) in [4.78, 5) is 12.5. The minimum atomic E-state index is -4.37. The van der Waals surface area contributed by atoms with Crippen LogP contribution in [0.3, 0.4) is 0 Å². The maximum atomic E-state index is 12.5. The van der Waals surface area contributed by atoms with Crippen LogP contribution < -0.4 is 5.32 Å². The van der Waals surface area contributed by atoms with Crippen LogP contribution >= 0.6 is 0 Å². The number of fused-ring (bicyclic) bond motifs is 5. The van der Waals surface area contributed by atoms with E-state index in [0.717, 1.165) is 57.8 Å². The molecule has 8 heteroatoms. The lowest BCUT2D eigenvalue weighted by molar-refractivity contribution is -0.203. The predicted molar refractivity (Wildman–Crippen MR) is 142 cm³/mol. The number of carbonyl (C=O) groups is 1. The van der Waals surface area contributed by atoms with Crippen LogP contribution in [0.25, 0.3) is 0 Å². The summed E-state index contributed by atoms with van der Waals surface area (Å²) in [6.07, 6.45) is 8.82. The standard InChI is InChI=1S/C29H51NO6S/c1-6-20-24-15-19(31)11-13-29(24,5)23-12-14-28(4)21(8-9-22(28)26(23)27(20)33)17(2)7-10-25(32)30-18(3)16-37(34,35)36/h17-24,26-27,31,33H,6-16H2,1-5H3,(H,30,32)(H,34,35,36)/p-1/t17-,18-,19-,20-,21-,22+,23+,24+,26+,27-,28-,29-/m1/s1. The number of rotatable bonds is 8. The van der Waals surface area contributed by atoms with Gasteiger partial charge in [-0.3, -0.25) is 4.79 Å². The zero-order valence-electron chi connectivity index (χ0n) is 23.5. The molecule has 12 atom stereocenters. The first-order chi connectivity index (χ1) is 17.2. The largest absolute Gasteiger partial charge is 0.748 e. The van der Waals surface area contributed by atoms with Crippen LogP contribution in [0.1, 0.15) is 98.8 Å². The Morgan fingerprint density at radius 3 is 2.32 bits per heavy atom. The van der Waals surface area contributed by atoms with E-state index in [1.165, 1.54) is 0 Å². The van der Waals surface area contributed by atoms with Crippen LogP contribution in [0, 0.1) is 52.3 Å². The van der Waals surface area contributed by atoms with Crippen LogP contribution in [0.5, 0.6) is 0 Å². The lowest BCUT2D eigenvalue weighted by Crippen LogP contribution is -2.62. The first kappa shape index (κ1) is 29.3. The van der Waals surface area contributed by atoms with Crippen LogP contribution in [-0.4, -0.2) is 53.1 Å². The summed E-state index contributed by atoms with van der Waals surface area (Å²) >= 11 is 0. The highest BCUT2D eigenvalue weighted by Gasteiger charge is 2.64. The Morgan fingerprint density at radius 2 is 1.68 bits per heavy atom. The molecule has 4 saturated carbocycles. The lowest BCUT2D eigenvalue weighted by atomic mass is 9.41. The smallest absolute Gasteiger partial charge is 0.220 e.